The maximum Gasteiger partial charge on any atom is 0.417 e. The number of likely N-dealkylation sites (tertiary alicyclic amines) is 1. The average Bonchev–Trinajstić information content (AvgIpc) is 2.47. The summed E-state index contributed by atoms with van der Waals surface area (Å²) in [6.45, 7) is 2.41. The topological polar surface area (TPSA) is 52.9 Å². The molecular formula is C16H22F3NO3. The lowest BCUT2D eigenvalue weighted by molar-refractivity contribution is -0.273. The Morgan fingerprint density at radius 3 is 2.52 bits per heavy atom. The van der Waals surface area contributed by atoms with Crippen LogP contribution in [0, 0.1) is 6.92 Å². The van der Waals surface area contributed by atoms with Crippen LogP contribution in [0.15, 0.2) is 24.3 Å². The molecule has 1 heterocycles. The summed E-state index contributed by atoms with van der Waals surface area (Å²) in [5, 5.41) is 19.6. The highest BCUT2D eigenvalue weighted by Gasteiger charge is 2.54. The van der Waals surface area contributed by atoms with E-state index in [1.165, 1.54) is 0 Å². The number of benzene rings is 1. The van der Waals surface area contributed by atoms with E-state index in [1.54, 1.807) is 11.0 Å². The minimum atomic E-state index is -4.61. The summed E-state index contributed by atoms with van der Waals surface area (Å²) in [4.78, 5) is 1.71. The first-order valence-corrected chi connectivity index (χ1v) is 7.59. The Hall–Kier alpha value is -1.31. The fourth-order valence-electron chi connectivity index (χ4n) is 2.64. The number of aliphatic hydroxyl groups excluding tert-OH is 1. The van der Waals surface area contributed by atoms with Crippen LogP contribution in [0.25, 0.3) is 0 Å². The summed E-state index contributed by atoms with van der Waals surface area (Å²) in [5.74, 6) is 0.647. The van der Waals surface area contributed by atoms with Gasteiger partial charge in [0.25, 0.3) is 0 Å². The molecule has 1 unspecified atom stereocenters. The van der Waals surface area contributed by atoms with E-state index < -0.39 is 17.9 Å². The molecule has 1 aliphatic rings. The molecule has 0 radical (unpaired) electrons. The zero-order valence-corrected chi connectivity index (χ0v) is 13.0. The number of rotatable bonds is 5. The Bertz CT molecular complexity index is 514. The van der Waals surface area contributed by atoms with E-state index >= 15 is 0 Å². The van der Waals surface area contributed by atoms with Gasteiger partial charge < -0.3 is 19.8 Å². The van der Waals surface area contributed by atoms with E-state index in [0.29, 0.717) is 5.75 Å². The summed E-state index contributed by atoms with van der Waals surface area (Å²) in [6.07, 6.45) is -6.15. The third-order valence-electron chi connectivity index (χ3n) is 4.11. The maximum atomic E-state index is 12.7. The molecule has 2 N–H and O–H groups in total. The number of nitrogens with zero attached hydrogens (tertiary/aromatic N) is 1. The second kappa shape index (κ2) is 7.07. The van der Waals surface area contributed by atoms with Gasteiger partial charge in [0.15, 0.2) is 5.60 Å². The largest absolute Gasteiger partial charge is 0.491 e. The summed E-state index contributed by atoms with van der Waals surface area (Å²) in [7, 11) is 0. The predicted octanol–water partition coefficient (Wildman–Crippen LogP) is 2.12. The van der Waals surface area contributed by atoms with E-state index in [2.05, 4.69) is 0 Å². The Kier molecular flexibility index (Phi) is 5.54. The molecule has 0 spiro atoms. The van der Waals surface area contributed by atoms with Crippen molar-refractivity contribution in [3.05, 3.63) is 29.8 Å². The Morgan fingerprint density at radius 1 is 1.30 bits per heavy atom. The first-order chi connectivity index (χ1) is 10.7. The molecule has 2 rings (SSSR count). The van der Waals surface area contributed by atoms with Crippen molar-refractivity contribution in [3.63, 3.8) is 0 Å². The molecule has 4 nitrogen and oxygen atoms in total. The van der Waals surface area contributed by atoms with Gasteiger partial charge in [-0.1, -0.05) is 12.1 Å². The molecule has 130 valence electrons. The highest BCUT2D eigenvalue weighted by atomic mass is 19.4. The lowest BCUT2D eigenvalue weighted by Crippen LogP contribution is -2.54. The first kappa shape index (κ1) is 18.0. The summed E-state index contributed by atoms with van der Waals surface area (Å²) >= 11 is 0. The van der Waals surface area contributed by atoms with Crippen molar-refractivity contribution in [2.45, 2.75) is 37.6 Å². The molecule has 1 atom stereocenters. The van der Waals surface area contributed by atoms with E-state index in [4.69, 9.17) is 4.74 Å². The van der Waals surface area contributed by atoms with E-state index in [0.717, 1.165) is 5.56 Å². The van der Waals surface area contributed by atoms with Crippen molar-refractivity contribution >= 4 is 0 Å². The molecule has 1 fully saturated rings. The van der Waals surface area contributed by atoms with Crippen LogP contribution in [0.4, 0.5) is 13.2 Å². The van der Waals surface area contributed by atoms with Crippen LogP contribution >= 0.6 is 0 Å². The van der Waals surface area contributed by atoms with Gasteiger partial charge >= 0.3 is 6.18 Å². The van der Waals surface area contributed by atoms with E-state index in [-0.39, 0.29) is 39.1 Å². The van der Waals surface area contributed by atoms with Gasteiger partial charge in [-0.15, -0.1) is 0 Å². The Morgan fingerprint density at radius 2 is 1.96 bits per heavy atom. The maximum absolute atomic E-state index is 12.7. The van der Waals surface area contributed by atoms with Crippen LogP contribution in [0.1, 0.15) is 18.4 Å². The van der Waals surface area contributed by atoms with Gasteiger partial charge in [0, 0.05) is 19.6 Å². The smallest absolute Gasteiger partial charge is 0.417 e. The highest BCUT2D eigenvalue weighted by molar-refractivity contribution is 5.27. The number of aryl methyl sites for hydroxylation is 1. The minimum Gasteiger partial charge on any atom is -0.491 e. The average molecular weight is 333 g/mol. The van der Waals surface area contributed by atoms with Gasteiger partial charge in [0.05, 0.1) is 0 Å². The molecule has 7 heteroatoms. The number of hydrogen-bond acceptors (Lipinski definition) is 4. The number of β-amino-alcohol motifs (C(OH)–C–C–N with tert-alkyl or cyclic N) is 1. The van der Waals surface area contributed by atoms with E-state index in [9.17, 15) is 23.4 Å². The zero-order chi connectivity index (χ0) is 17.1. The van der Waals surface area contributed by atoms with Crippen molar-refractivity contribution in [3.8, 4) is 5.75 Å². The van der Waals surface area contributed by atoms with E-state index in [1.807, 2.05) is 25.1 Å². The van der Waals surface area contributed by atoms with Gasteiger partial charge in [-0.25, -0.2) is 0 Å². The number of piperidine rings is 1. The molecule has 0 bridgehead atoms. The molecule has 0 saturated carbocycles. The SMILES string of the molecule is Cc1cccc(OCC(O)CN2CCC(O)(C(F)(F)F)CC2)c1. The predicted molar refractivity (Wildman–Crippen MR) is 79.4 cm³/mol. The van der Waals surface area contributed by atoms with Crippen molar-refractivity contribution in [2.75, 3.05) is 26.2 Å². The minimum absolute atomic E-state index is 0.0729. The fraction of sp³-hybridized carbons (Fsp3) is 0.625. The molecule has 1 aromatic rings. The Balaban J connectivity index is 1.76. The number of ether oxygens (including phenoxy) is 1. The fourth-order valence-corrected chi connectivity index (χ4v) is 2.64. The second-order valence-corrected chi connectivity index (χ2v) is 6.11. The molecule has 1 aromatic carbocycles. The quantitative estimate of drug-likeness (QED) is 0.867. The summed E-state index contributed by atoms with van der Waals surface area (Å²) < 4.78 is 43.6. The van der Waals surface area contributed by atoms with Crippen molar-refractivity contribution < 1.29 is 28.1 Å². The third kappa shape index (κ3) is 4.83. The normalized spacial score (nSPS) is 20.3. The number of hydrogen-bond donors (Lipinski definition) is 2. The first-order valence-electron chi connectivity index (χ1n) is 7.59. The third-order valence-corrected chi connectivity index (χ3v) is 4.11. The van der Waals surface area contributed by atoms with Crippen LogP contribution < -0.4 is 4.74 Å². The number of aliphatic hydroxyl groups is 2. The van der Waals surface area contributed by atoms with Crippen LogP contribution in [0.3, 0.4) is 0 Å². The molecule has 0 amide bonds. The van der Waals surface area contributed by atoms with Crippen molar-refractivity contribution in [1.82, 2.24) is 4.90 Å². The van der Waals surface area contributed by atoms with Gasteiger partial charge in [0.2, 0.25) is 0 Å². The van der Waals surface area contributed by atoms with Crippen LogP contribution in [-0.2, 0) is 0 Å². The summed E-state index contributed by atoms with van der Waals surface area (Å²) in [6, 6.07) is 7.40. The van der Waals surface area contributed by atoms with Crippen LogP contribution in [0.5, 0.6) is 5.75 Å². The lowest BCUT2D eigenvalue weighted by atomic mass is 9.90. The summed E-state index contributed by atoms with van der Waals surface area (Å²) in [5.41, 5.74) is -1.56. The Labute approximate surface area is 133 Å². The van der Waals surface area contributed by atoms with Gasteiger partial charge in [-0.2, -0.15) is 13.2 Å². The standard InChI is InChI=1S/C16H22F3NO3/c1-12-3-2-4-14(9-12)23-11-13(21)10-20-7-5-15(22,6-8-20)16(17,18)19/h2-4,9,13,21-22H,5-8,10-11H2,1H3. The molecule has 1 aliphatic heterocycles. The monoisotopic (exact) mass is 333 g/mol. The molecule has 0 aromatic heterocycles. The second-order valence-electron chi connectivity index (χ2n) is 6.11. The number of halogens is 3. The van der Waals surface area contributed by atoms with Gasteiger partial charge in [0.1, 0.15) is 18.5 Å². The zero-order valence-electron chi connectivity index (χ0n) is 13.0. The number of alkyl halides is 3. The van der Waals surface area contributed by atoms with Gasteiger partial charge in [-0.3, -0.25) is 0 Å². The molecular weight excluding hydrogens is 311 g/mol. The molecule has 1 saturated heterocycles. The van der Waals surface area contributed by atoms with Crippen molar-refractivity contribution in [2.24, 2.45) is 0 Å². The molecule has 23 heavy (non-hydrogen) atoms. The lowest BCUT2D eigenvalue weighted by Gasteiger charge is -2.39. The van der Waals surface area contributed by atoms with Crippen molar-refractivity contribution in [1.29, 1.82) is 0 Å². The highest BCUT2D eigenvalue weighted by Crippen LogP contribution is 2.38. The van der Waals surface area contributed by atoms with Crippen LogP contribution in [-0.4, -0.2) is 59.2 Å². The van der Waals surface area contributed by atoms with Crippen LogP contribution in [0.2, 0.25) is 0 Å². The molecule has 0 aliphatic carbocycles. The van der Waals surface area contributed by atoms with Gasteiger partial charge in [-0.05, 0) is 37.5 Å².